The normalized spacial score (nSPS) is 18.1. The van der Waals surface area contributed by atoms with Gasteiger partial charge in [0.15, 0.2) is 0 Å². The highest BCUT2D eigenvalue weighted by Gasteiger charge is 2.46. The van der Waals surface area contributed by atoms with E-state index in [0.29, 0.717) is 13.2 Å². The van der Waals surface area contributed by atoms with Crippen LogP contribution in [0.3, 0.4) is 0 Å². The number of rotatable bonds is 19. The van der Waals surface area contributed by atoms with E-state index in [1.165, 1.54) is 0 Å². The minimum atomic E-state index is -1.59. The minimum absolute atomic E-state index is 0.129. The van der Waals surface area contributed by atoms with Crippen molar-refractivity contribution in [3.05, 3.63) is 131 Å². The van der Waals surface area contributed by atoms with E-state index in [2.05, 4.69) is 50.6 Å². The van der Waals surface area contributed by atoms with Gasteiger partial charge in [0, 0.05) is 12.1 Å². The van der Waals surface area contributed by atoms with Crippen molar-refractivity contribution in [2.24, 2.45) is 0 Å². The van der Waals surface area contributed by atoms with Crippen molar-refractivity contribution < 1.29 is 32.7 Å². The molecule has 1 aliphatic rings. The van der Waals surface area contributed by atoms with Gasteiger partial charge in [-0.05, 0) is 74.2 Å². The largest absolute Gasteiger partial charge is 0.497 e. The molecule has 0 spiro atoms. The summed E-state index contributed by atoms with van der Waals surface area (Å²) in [6, 6.07) is 38.7. The van der Waals surface area contributed by atoms with Crippen LogP contribution in [0.2, 0.25) is 0 Å². The van der Waals surface area contributed by atoms with Crippen LogP contribution in [0.15, 0.2) is 109 Å². The summed E-state index contributed by atoms with van der Waals surface area (Å²) >= 11 is 0. The smallest absolute Gasteiger partial charge is 0.259 e. The molecule has 0 saturated carbocycles. The molecule has 4 aromatic rings. The van der Waals surface area contributed by atoms with Crippen molar-refractivity contribution in [3.63, 3.8) is 0 Å². The maximum atomic E-state index is 9.32. The van der Waals surface area contributed by atoms with E-state index < -0.39 is 32.4 Å². The van der Waals surface area contributed by atoms with Crippen molar-refractivity contribution in [2.75, 3.05) is 34.0 Å². The van der Waals surface area contributed by atoms with Crippen LogP contribution in [0.4, 0.5) is 0 Å². The lowest BCUT2D eigenvalue weighted by Gasteiger charge is -2.39. The van der Waals surface area contributed by atoms with Gasteiger partial charge in [0.25, 0.3) is 8.53 Å². The first-order valence-corrected chi connectivity index (χ1v) is 18.9. The number of benzene rings is 4. The van der Waals surface area contributed by atoms with Crippen molar-refractivity contribution in [2.45, 2.75) is 76.7 Å². The van der Waals surface area contributed by atoms with Crippen molar-refractivity contribution in [3.8, 4) is 17.6 Å². The molecule has 9 nitrogen and oxygen atoms in total. The number of nitriles is 1. The van der Waals surface area contributed by atoms with Gasteiger partial charge in [0.1, 0.15) is 35.4 Å². The first kappa shape index (κ1) is 39.4. The van der Waals surface area contributed by atoms with E-state index in [1.54, 1.807) is 14.2 Å². The molecule has 5 rings (SSSR count). The Bertz CT molecular complexity index is 1610. The van der Waals surface area contributed by atoms with E-state index in [-0.39, 0.29) is 31.7 Å². The maximum absolute atomic E-state index is 9.32. The summed E-state index contributed by atoms with van der Waals surface area (Å²) in [6.07, 6.45) is -1.17. The van der Waals surface area contributed by atoms with E-state index in [4.69, 9.17) is 32.7 Å². The summed E-state index contributed by atoms with van der Waals surface area (Å²) in [5.41, 5.74) is 2.81. The zero-order chi connectivity index (χ0) is 36.9. The Balaban J connectivity index is 1.54. The molecular weight excluding hydrogens is 675 g/mol. The molecule has 1 aliphatic heterocycles. The first-order chi connectivity index (χ1) is 25.3. The van der Waals surface area contributed by atoms with Gasteiger partial charge in [-0.2, -0.15) is 5.26 Å². The number of hydrogen-bond donors (Lipinski definition) is 0. The quantitative estimate of drug-likeness (QED) is 0.0535. The van der Waals surface area contributed by atoms with Crippen LogP contribution in [0.25, 0.3) is 0 Å². The molecule has 276 valence electrons. The molecular formula is C42H51N2O7P. The van der Waals surface area contributed by atoms with Crippen LogP contribution >= 0.6 is 8.53 Å². The Morgan fingerprint density at radius 3 is 1.85 bits per heavy atom. The topological polar surface area (TPSA) is 91.6 Å². The zero-order valence-corrected chi connectivity index (χ0v) is 31.9. The van der Waals surface area contributed by atoms with Crippen LogP contribution in [-0.4, -0.2) is 69.1 Å². The number of methoxy groups -OCH3 is 2. The lowest BCUT2D eigenvalue weighted by atomic mass is 9.80. The molecule has 4 atom stereocenters. The highest BCUT2D eigenvalue weighted by Crippen LogP contribution is 2.49. The summed E-state index contributed by atoms with van der Waals surface area (Å²) in [4.78, 5) is 0. The highest BCUT2D eigenvalue weighted by atomic mass is 31.2. The molecule has 1 saturated heterocycles. The lowest BCUT2D eigenvalue weighted by molar-refractivity contribution is -0.0726. The third kappa shape index (κ3) is 9.57. The maximum Gasteiger partial charge on any atom is 0.259 e. The van der Waals surface area contributed by atoms with E-state index in [9.17, 15) is 5.26 Å². The second-order valence-corrected chi connectivity index (χ2v) is 14.5. The summed E-state index contributed by atoms with van der Waals surface area (Å²) < 4.78 is 47.0. The van der Waals surface area contributed by atoms with Crippen molar-refractivity contribution in [1.29, 1.82) is 5.26 Å². The fraction of sp³-hybridized carbons (Fsp3) is 0.405. The summed E-state index contributed by atoms with van der Waals surface area (Å²) in [5, 5.41) is 9.32. The van der Waals surface area contributed by atoms with Crippen molar-refractivity contribution >= 4 is 8.53 Å². The highest BCUT2D eigenvalue weighted by molar-refractivity contribution is 7.44. The Labute approximate surface area is 310 Å². The Morgan fingerprint density at radius 2 is 1.33 bits per heavy atom. The van der Waals surface area contributed by atoms with Gasteiger partial charge in [-0.1, -0.05) is 84.9 Å². The van der Waals surface area contributed by atoms with Crippen LogP contribution in [0, 0.1) is 11.3 Å². The molecule has 0 amide bonds. The van der Waals surface area contributed by atoms with Crippen LogP contribution in [-0.2, 0) is 35.5 Å². The number of nitrogens with zero attached hydrogens (tertiary/aromatic N) is 2. The second-order valence-electron chi connectivity index (χ2n) is 13.1. The van der Waals surface area contributed by atoms with E-state index in [0.717, 1.165) is 33.8 Å². The van der Waals surface area contributed by atoms with Gasteiger partial charge in [-0.3, -0.25) is 0 Å². The summed E-state index contributed by atoms with van der Waals surface area (Å²) in [7, 11) is 1.73. The van der Waals surface area contributed by atoms with Gasteiger partial charge in [-0.15, -0.1) is 0 Å². The van der Waals surface area contributed by atoms with E-state index >= 15 is 0 Å². The molecule has 1 fully saturated rings. The summed E-state index contributed by atoms with van der Waals surface area (Å²) in [6.45, 7) is 9.65. The van der Waals surface area contributed by atoms with Gasteiger partial charge < -0.3 is 32.7 Å². The SMILES string of the molecule is COc1ccc(C(OCC2OC[C@H](OCc3ccccc3)[C@@H]2OP(OCCC#N)N(C(C)C)C(C)C)(c2ccccc2)c2ccc(OC)cc2)cc1. The molecule has 4 aromatic carbocycles. The summed E-state index contributed by atoms with van der Waals surface area (Å²) in [5.74, 6) is 1.49. The predicted molar refractivity (Wildman–Crippen MR) is 203 cm³/mol. The van der Waals surface area contributed by atoms with Crippen LogP contribution in [0.5, 0.6) is 11.5 Å². The standard InChI is InChI=1S/C42H51N2O7P/c1-31(2)44(32(3)4)52(50-27-13-26-43)51-41-39(47-28-33-14-9-7-10-15-33)29-48-40(41)30-49-42(34-16-11-8-12-17-34,35-18-22-37(45-5)23-19-35)36-20-24-38(46-6)25-21-36/h7-12,14-25,31-32,39-41H,13,27-30H2,1-6H3/t39-,40?,41-,52?/m0/s1. The number of ether oxygens (including phenoxy) is 5. The first-order valence-electron chi connectivity index (χ1n) is 17.8. The molecule has 52 heavy (non-hydrogen) atoms. The molecule has 10 heteroatoms. The molecule has 0 bridgehead atoms. The third-order valence-electron chi connectivity index (χ3n) is 9.03. The molecule has 1 heterocycles. The minimum Gasteiger partial charge on any atom is -0.497 e. The van der Waals surface area contributed by atoms with Crippen molar-refractivity contribution in [1.82, 2.24) is 4.67 Å². The monoisotopic (exact) mass is 726 g/mol. The zero-order valence-electron chi connectivity index (χ0n) is 31.0. The van der Waals surface area contributed by atoms with Gasteiger partial charge in [-0.25, -0.2) is 4.67 Å². The van der Waals surface area contributed by atoms with Gasteiger partial charge in [0.05, 0.1) is 53.1 Å². The van der Waals surface area contributed by atoms with Crippen LogP contribution in [0.1, 0.15) is 56.4 Å². The Kier molecular flexibility index (Phi) is 14.6. The average Bonchev–Trinajstić information content (AvgIpc) is 3.55. The molecule has 0 aliphatic carbocycles. The van der Waals surface area contributed by atoms with Gasteiger partial charge >= 0.3 is 0 Å². The molecule has 0 aromatic heterocycles. The lowest BCUT2D eigenvalue weighted by Crippen LogP contribution is -2.42. The molecule has 2 unspecified atom stereocenters. The second kappa shape index (κ2) is 19.3. The third-order valence-corrected chi connectivity index (χ3v) is 11.2. The fourth-order valence-corrected chi connectivity index (χ4v) is 8.31. The predicted octanol–water partition coefficient (Wildman–Crippen LogP) is 8.66. The average molecular weight is 727 g/mol. The fourth-order valence-electron chi connectivity index (χ4n) is 6.53. The molecule has 0 radical (unpaired) electrons. The van der Waals surface area contributed by atoms with Crippen LogP contribution < -0.4 is 9.47 Å². The van der Waals surface area contributed by atoms with Gasteiger partial charge in [0.2, 0.25) is 0 Å². The Hall–Kier alpha value is -3.84. The Morgan fingerprint density at radius 1 is 0.788 bits per heavy atom. The molecule has 0 N–H and O–H groups in total. The number of hydrogen-bond acceptors (Lipinski definition) is 9. The van der Waals surface area contributed by atoms with E-state index in [1.807, 2.05) is 97.1 Å².